The summed E-state index contributed by atoms with van der Waals surface area (Å²) in [6, 6.07) is 8.65. The summed E-state index contributed by atoms with van der Waals surface area (Å²) in [4.78, 5) is 0. The fourth-order valence-corrected chi connectivity index (χ4v) is 2.54. The highest BCUT2D eigenvalue weighted by atomic mass is 32.1. The van der Waals surface area contributed by atoms with Crippen molar-refractivity contribution in [1.82, 2.24) is 0 Å². The standard InChI is InChI=1S/C15H21NOS/c1-12(2)5-8-17-9-7-16-14-3-4-15-13(11-14)6-10-18-15/h3-4,6,10-12,16H,5,7-9H2,1-2H3. The number of rotatable bonds is 7. The molecule has 1 aromatic heterocycles. The third kappa shape index (κ3) is 4.00. The Balaban J connectivity index is 1.70. The topological polar surface area (TPSA) is 21.3 Å². The van der Waals surface area contributed by atoms with Crippen molar-refractivity contribution in [2.24, 2.45) is 5.92 Å². The maximum Gasteiger partial charge on any atom is 0.0639 e. The van der Waals surface area contributed by atoms with Crippen molar-refractivity contribution in [2.75, 3.05) is 25.1 Å². The van der Waals surface area contributed by atoms with E-state index in [0.717, 1.165) is 32.1 Å². The van der Waals surface area contributed by atoms with Crippen molar-refractivity contribution in [3.05, 3.63) is 29.6 Å². The van der Waals surface area contributed by atoms with Crippen LogP contribution in [-0.2, 0) is 4.74 Å². The van der Waals surface area contributed by atoms with Crippen molar-refractivity contribution in [1.29, 1.82) is 0 Å². The van der Waals surface area contributed by atoms with E-state index >= 15 is 0 Å². The van der Waals surface area contributed by atoms with Gasteiger partial charge in [0.05, 0.1) is 6.61 Å². The Labute approximate surface area is 113 Å². The Morgan fingerprint density at radius 2 is 2.11 bits per heavy atom. The summed E-state index contributed by atoms with van der Waals surface area (Å²) in [6.07, 6.45) is 1.14. The zero-order valence-corrected chi connectivity index (χ0v) is 11.9. The average Bonchev–Trinajstić information content (AvgIpc) is 2.80. The monoisotopic (exact) mass is 263 g/mol. The van der Waals surface area contributed by atoms with Crippen LogP contribution in [0.2, 0.25) is 0 Å². The minimum absolute atomic E-state index is 0.721. The molecule has 0 aliphatic rings. The van der Waals surface area contributed by atoms with Crippen molar-refractivity contribution < 1.29 is 4.74 Å². The molecule has 1 N–H and O–H groups in total. The lowest BCUT2D eigenvalue weighted by Crippen LogP contribution is -2.10. The second-order valence-corrected chi connectivity index (χ2v) is 5.84. The average molecular weight is 263 g/mol. The van der Waals surface area contributed by atoms with Crippen LogP contribution in [0, 0.1) is 5.92 Å². The minimum Gasteiger partial charge on any atom is -0.383 e. The Morgan fingerprint density at radius 3 is 2.94 bits per heavy atom. The number of fused-ring (bicyclic) bond motifs is 1. The molecule has 2 aromatic rings. The molecule has 3 heteroatoms. The van der Waals surface area contributed by atoms with Gasteiger partial charge < -0.3 is 10.1 Å². The van der Waals surface area contributed by atoms with Crippen LogP contribution in [0.25, 0.3) is 10.1 Å². The molecule has 0 amide bonds. The van der Waals surface area contributed by atoms with E-state index in [0.29, 0.717) is 0 Å². The van der Waals surface area contributed by atoms with Crippen LogP contribution in [0.15, 0.2) is 29.6 Å². The number of thiophene rings is 1. The molecule has 0 unspecified atom stereocenters. The number of benzene rings is 1. The molecule has 2 nitrogen and oxygen atoms in total. The predicted octanol–water partition coefficient (Wildman–Crippen LogP) is 4.38. The number of nitrogens with one attached hydrogen (secondary N) is 1. The van der Waals surface area contributed by atoms with Crippen molar-refractivity contribution in [2.45, 2.75) is 20.3 Å². The molecule has 0 radical (unpaired) electrons. The Morgan fingerprint density at radius 1 is 1.22 bits per heavy atom. The summed E-state index contributed by atoms with van der Waals surface area (Å²) in [7, 11) is 0. The summed E-state index contributed by atoms with van der Waals surface area (Å²) < 4.78 is 6.92. The molecule has 0 saturated heterocycles. The molecule has 98 valence electrons. The first-order valence-electron chi connectivity index (χ1n) is 6.54. The smallest absolute Gasteiger partial charge is 0.0639 e. The maximum atomic E-state index is 5.58. The minimum atomic E-state index is 0.721. The molecule has 0 bridgehead atoms. The molecule has 0 atom stereocenters. The van der Waals surface area contributed by atoms with Gasteiger partial charge in [-0.25, -0.2) is 0 Å². The summed E-state index contributed by atoms with van der Waals surface area (Å²) in [5.41, 5.74) is 1.17. The Bertz CT molecular complexity index is 478. The van der Waals surface area contributed by atoms with Gasteiger partial charge in [0.25, 0.3) is 0 Å². The first-order chi connectivity index (χ1) is 8.75. The molecule has 0 spiro atoms. The van der Waals surface area contributed by atoms with Crippen LogP contribution in [0.3, 0.4) is 0 Å². The lowest BCUT2D eigenvalue weighted by Gasteiger charge is -2.08. The Hall–Kier alpha value is -1.06. The number of hydrogen-bond acceptors (Lipinski definition) is 3. The van der Waals surface area contributed by atoms with Gasteiger partial charge in [-0.2, -0.15) is 0 Å². The van der Waals surface area contributed by atoms with Gasteiger partial charge >= 0.3 is 0 Å². The predicted molar refractivity (Wildman–Crippen MR) is 80.6 cm³/mol. The van der Waals surface area contributed by atoms with E-state index in [1.54, 1.807) is 11.3 Å². The molecule has 0 fully saturated rings. The number of hydrogen-bond donors (Lipinski definition) is 1. The van der Waals surface area contributed by atoms with Crippen LogP contribution in [0.5, 0.6) is 0 Å². The largest absolute Gasteiger partial charge is 0.383 e. The van der Waals surface area contributed by atoms with E-state index < -0.39 is 0 Å². The van der Waals surface area contributed by atoms with Gasteiger partial charge in [0.2, 0.25) is 0 Å². The second-order valence-electron chi connectivity index (χ2n) is 4.89. The van der Waals surface area contributed by atoms with E-state index in [9.17, 15) is 0 Å². The van der Waals surface area contributed by atoms with Crippen LogP contribution in [-0.4, -0.2) is 19.8 Å². The van der Waals surface area contributed by atoms with Crippen LogP contribution < -0.4 is 5.32 Å². The first kappa shape index (κ1) is 13.4. The molecule has 0 aliphatic heterocycles. The first-order valence-corrected chi connectivity index (χ1v) is 7.42. The van der Waals surface area contributed by atoms with Crippen molar-refractivity contribution >= 4 is 27.1 Å². The molecule has 1 aromatic carbocycles. The SMILES string of the molecule is CC(C)CCOCCNc1ccc2sccc2c1. The molecule has 0 aliphatic carbocycles. The summed E-state index contributed by atoms with van der Waals surface area (Å²) in [5.74, 6) is 0.721. The third-order valence-corrected chi connectivity index (χ3v) is 3.77. The lowest BCUT2D eigenvalue weighted by molar-refractivity contribution is 0.132. The Kier molecular flexibility index (Phi) is 5.02. The summed E-state index contributed by atoms with van der Waals surface area (Å²) in [5, 5.41) is 6.83. The molecular formula is C15H21NOS. The molecule has 0 saturated carbocycles. The molecule has 1 heterocycles. The fraction of sp³-hybridized carbons (Fsp3) is 0.467. The third-order valence-electron chi connectivity index (χ3n) is 2.87. The van der Waals surface area contributed by atoms with Gasteiger partial charge in [-0.15, -0.1) is 11.3 Å². The summed E-state index contributed by atoms with van der Waals surface area (Å²) >= 11 is 1.78. The van der Waals surface area contributed by atoms with Gasteiger partial charge in [0, 0.05) is 23.5 Å². The molecular weight excluding hydrogens is 242 g/mol. The highest BCUT2D eigenvalue weighted by Crippen LogP contribution is 2.23. The normalized spacial score (nSPS) is 11.3. The molecule has 18 heavy (non-hydrogen) atoms. The highest BCUT2D eigenvalue weighted by Gasteiger charge is 1.97. The number of anilines is 1. The van der Waals surface area contributed by atoms with Gasteiger partial charge in [-0.1, -0.05) is 13.8 Å². The zero-order valence-electron chi connectivity index (χ0n) is 11.1. The lowest BCUT2D eigenvalue weighted by atomic mass is 10.1. The van der Waals surface area contributed by atoms with E-state index in [2.05, 4.69) is 48.8 Å². The summed E-state index contributed by atoms with van der Waals surface area (Å²) in [6.45, 7) is 6.94. The highest BCUT2D eigenvalue weighted by molar-refractivity contribution is 7.17. The van der Waals surface area contributed by atoms with Gasteiger partial charge in [0.1, 0.15) is 0 Å². The van der Waals surface area contributed by atoms with Gasteiger partial charge in [-0.3, -0.25) is 0 Å². The maximum absolute atomic E-state index is 5.58. The van der Waals surface area contributed by atoms with Crippen LogP contribution in [0.1, 0.15) is 20.3 Å². The van der Waals surface area contributed by atoms with E-state index in [1.807, 2.05) is 0 Å². The van der Waals surface area contributed by atoms with E-state index in [1.165, 1.54) is 15.8 Å². The van der Waals surface area contributed by atoms with Crippen molar-refractivity contribution in [3.8, 4) is 0 Å². The van der Waals surface area contributed by atoms with Crippen LogP contribution >= 0.6 is 11.3 Å². The van der Waals surface area contributed by atoms with Crippen molar-refractivity contribution in [3.63, 3.8) is 0 Å². The fourth-order valence-electron chi connectivity index (χ4n) is 1.77. The zero-order chi connectivity index (χ0) is 12.8. The van der Waals surface area contributed by atoms with Gasteiger partial charge in [-0.05, 0) is 47.4 Å². The van der Waals surface area contributed by atoms with E-state index in [-0.39, 0.29) is 0 Å². The van der Waals surface area contributed by atoms with Gasteiger partial charge in [0.15, 0.2) is 0 Å². The van der Waals surface area contributed by atoms with Crippen LogP contribution in [0.4, 0.5) is 5.69 Å². The quantitative estimate of drug-likeness (QED) is 0.749. The molecule has 2 rings (SSSR count). The second kappa shape index (κ2) is 6.76. The van der Waals surface area contributed by atoms with E-state index in [4.69, 9.17) is 4.74 Å². The number of ether oxygens (including phenoxy) is 1.